The van der Waals surface area contributed by atoms with Crippen molar-refractivity contribution in [3.63, 3.8) is 0 Å². The van der Waals surface area contributed by atoms with E-state index in [0.29, 0.717) is 0 Å². The van der Waals surface area contributed by atoms with E-state index in [9.17, 15) is 4.79 Å². The number of carbonyl (C=O) groups is 1. The normalized spacial score (nSPS) is 11.9. The van der Waals surface area contributed by atoms with Crippen LogP contribution >= 0.6 is 0 Å². The first-order valence-corrected chi connectivity index (χ1v) is 7.66. The first-order chi connectivity index (χ1) is 11.1. The minimum Gasteiger partial charge on any atom is -0.481 e. The van der Waals surface area contributed by atoms with E-state index in [1.54, 1.807) is 6.92 Å². The summed E-state index contributed by atoms with van der Waals surface area (Å²) in [6.07, 6.45) is -0.574. The Balaban J connectivity index is 1.77. The highest BCUT2D eigenvalue weighted by Gasteiger charge is 2.16. The molecule has 1 N–H and O–H groups in total. The van der Waals surface area contributed by atoms with Crippen LogP contribution in [0.3, 0.4) is 0 Å². The van der Waals surface area contributed by atoms with Crippen molar-refractivity contribution in [3.05, 3.63) is 72.3 Å². The van der Waals surface area contributed by atoms with Gasteiger partial charge >= 0.3 is 0 Å². The fraction of sp³-hybridized carbons (Fsp3) is 0.150. The Morgan fingerprint density at radius 1 is 0.957 bits per heavy atom. The van der Waals surface area contributed by atoms with Crippen molar-refractivity contribution in [2.24, 2.45) is 0 Å². The van der Waals surface area contributed by atoms with Crippen LogP contribution in [0.15, 0.2) is 66.7 Å². The van der Waals surface area contributed by atoms with Gasteiger partial charge in [-0.25, -0.2) is 0 Å². The number of ether oxygens (including phenoxy) is 1. The first kappa shape index (κ1) is 15.1. The van der Waals surface area contributed by atoms with Gasteiger partial charge in [0.25, 0.3) is 5.91 Å². The molecule has 1 atom stereocenters. The topological polar surface area (TPSA) is 38.3 Å². The maximum atomic E-state index is 12.4. The number of amides is 1. The number of fused-ring (bicyclic) bond motifs is 1. The van der Waals surface area contributed by atoms with Crippen molar-refractivity contribution in [2.75, 3.05) is 5.32 Å². The highest BCUT2D eigenvalue weighted by Crippen LogP contribution is 2.24. The zero-order valence-corrected chi connectivity index (χ0v) is 13.2. The molecule has 3 rings (SSSR count). The van der Waals surface area contributed by atoms with Crippen LogP contribution < -0.4 is 10.1 Å². The Labute approximate surface area is 135 Å². The second-order valence-corrected chi connectivity index (χ2v) is 5.54. The van der Waals surface area contributed by atoms with Gasteiger partial charge in [-0.3, -0.25) is 4.79 Å². The minimum absolute atomic E-state index is 0.162. The second kappa shape index (κ2) is 6.53. The number of nitrogens with one attached hydrogen (secondary N) is 1. The molecule has 0 saturated carbocycles. The van der Waals surface area contributed by atoms with Gasteiger partial charge in [-0.05, 0) is 36.9 Å². The molecule has 0 bridgehead atoms. The van der Waals surface area contributed by atoms with Crippen LogP contribution in [0.4, 0.5) is 5.69 Å². The highest BCUT2D eigenvalue weighted by molar-refractivity contribution is 6.03. The maximum absolute atomic E-state index is 12.4. The molecule has 0 unspecified atom stereocenters. The number of benzene rings is 3. The van der Waals surface area contributed by atoms with Gasteiger partial charge in [0.05, 0.1) is 0 Å². The third-order valence-electron chi connectivity index (χ3n) is 3.81. The van der Waals surface area contributed by atoms with Crippen LogP contribution in [0, 0.1) is 6.92 Å². The van der Waals surface area contributed by atoms with Crippen LogP contribution in [0.2, 0.25) is 0 Å². The molecule has 0 aliphatic rings. The predicted molar refractivity (Wildman–Crippen MR) is 93.8 cm³/mol. The van der Waals surface area contributed by atoms with Crippen molar-refractivity contribution in [1.29, 1.82) is 0 Å². The summed E-state index contributed by atoms with van der Waals surface area (Å²) in [7, 11) is 0. The third kappa shape index (κ3) is 3.34. The van der Waals surface area contributed by atoms with Crippen LogP contribution in [-0.2, 0) is 4.79 Å². The second-order valence-electron chi connectivity index (χ2n) is 5.54. The van der Waals surface area contributed by atoms with Crippen molar-refractivity contribution in [2.45, 2.75) is 20.0 Å². The molecule has 1 amide bonds. The fourth-order valence-corrected chi connectivity index (χ4v) is 2.50. The molecule has 0 saturated heterocycles. The largest absolute Gasteiger partial charge is 0.481 e. The smallest absolute Gasteiger partial charge is 0.265 e. The lowest BCUT2D eigenvalue weighted by Crippen LogP contribution is -2.30. The van der Waals surface area contributed by atoms with Gasteiger partial charge in [0.1, 0.15) is 5.75 Å². The first-order valence-electron chi connectivity index (χ1n) is 7.66. The van der Waals surface area contributed by atoms with Crippen molar-refractivity contribution in [1.82, 2.24) is 0 Å². The van der Waals surface area contributed by atoms with E-state index in [4.69, 9.17) is 4.74 Å². The summed E-state index contributed by atoms with van der Waals surface area (Å²) < 4.78 is 5.78. The Hall–Kier alpha value is -2.81. The molecule has 0 radical (unpaired) electrons. The summed E-state index contributed by atoms with van der Waals surface area (Å²) >= 11 is 0. The number of anilines is 1. The Bertz CT molecular complexity index is 836. The van der Waals surface area contributed by atoms with Crippen molar-refractivity contribution >= 4 is 22.4 Å². The molecule has 116 valence electrons. The third-order valence-corrected chi connectivity index (χ3v) is 3.81. The molecule has 23 heavy (non-hydrogen) atoms. The molecule has 0 heterocycles. The monoisotopic (exact) mass is 305 g/mol. The van der Waals surface area contributed by atoms with Gasteiger partial charge in [-0.1, -0.05) is 54.6 Å². The summed E-state index contributed by atoms with van der Waals surface area (Å²) in [5, 5.41) is 5.08. The summed E-state index contributed by atoms with van der Waals surface area (Å²) in [5.41, 5.74) is 1.81. The molecule has 0 spiro atoms. The molecule has 3 aromatic carbocycles. The van der Waals surface area contributed by atoms with Gasteiger partial charge in [-0.2, -0.15) is 0 Å². The number of para-hydroxylation sites is 1. The van der Waals surface area contributed by atoms with E-state index < -0.39 is 6.10 Å². The summed E-state index contributed by atoms with van der Waals surface area (Å²) in [6, 6.07) is 21.5. The van der Waals surface area contributed by atoms with Crippen LogP contribution in [0.5, 0.6) is 5.75 Å². The Morgan fingerprint density at radius 2 is 1.65 bits per heavy atom. The lowest BCUT2D eigenvalue weighted by molar-refractivity contribution is -0.122. The SMILES string of the molecule is Cc1ccccc1O[C@H](C)C(=O)Nc1cccc2ccccc12. The predicted octanol–water partition coefficient (Wildman–Crippen LogP) is 4.55. The highest BCUT2D eigenvalue weighted by atomic mass is 16.5. The number of hydrogen-bond acceptors (Lipinski definition) is 2. The number of carbonyl (C=O) groups excluding carboxylic acids is 1. The molecule has 0 fully saturated rings. The molecule has 3 heteroatoms. The molecule has 0 aliphatic heterocycles. The van der Waals surface area contributed by atoms with Gasteiger partial charge in [-0.15, -0.1) is 0 Å². The minimum atomic E-state index is -0.574. The number of aryl methyl sites for hydroxylation is 1. The maximum Gasteiger partial charge on any atom is 0.265 e. The van der Waals surface area contributed by atoms with Crippen molar-refractivity contribution < 1.29 is 9.53 Å². The Kier molecular flexibility index (Phi) is 4.29. The average Bonchev–Trinajstić information content (AvgIpc) is 2.57. The van der Waals surface area contributed by atoms with E-state index in [0.717, 1.165) is 27.8 Å². The van der Waals surface area contributed by atoms with E-state index in [1.807, 2.05) is 73.7 Å². The standard InChI is InChI=1S/C20H19NO2/c1-14-8-3-6-13-19(14)23-15(2)20(22)21-18-12-7-10-16-9-4-5-11-17(16)18/h3-13,15H,1-2H3,(H,21,22)/t15-/m1/s1. The summed E-state index contributed by atoms with van der Waals surface area (Å²) in [5.74, 6) is 0.567. The van der Waals surface area contributed by atoms with Gasteiger partial charge in [0.15, 0.2) is 6.10 Å². The summed E-state index contributed by atoms with van der Waals surface area (Å²) in [4.78, 5) is 12.4. The van der Waals surface area contributed by atoms with Gasteiger partial charge < -0.3 is 10.1 Å². The number of hydrogen-bond donors (Lipinski definition) is 1. The van der Waals surface area contributed by atoms with E-state index in [1.165, 1.54) is 0 Å². The zero-order chi connectivity index (χ0) is 16.2. The lowest BCUT2D eigenvalue weighted by atomic mass is 10.1. The molecular weight excluding hydrogens is 286 g/mol. The fourth-order valence-electron chi connectivity index (χ4n) is 2.50. The molecule has 0 aromatic heterocycles. The molecule has 0 aliphatic carbocycles. The van der Waals surface area contributed by atoms with Crippen LogP contribution in [-0.4, -0.2) is 12.0 Å². The summed E-state index contributed by atoms with van der Waals surface area (Å²) in [6.45, 7) is 3.72. The quantitative estimate of drug-likeness (QED) is 0.767. The molecule has 3 nitrogen and oxygen atoms in total. The van der Waals surface area contributed by atoms with Crippen LogP contribution in [0.1, 0.15) is 12.5 Å². The van der Waals surface area contributed by atoms with E-state index >= 15 is 0 Å². The van der Waals surface area contributed by atoms with E-state index in [2.05, 4.69) is 5.32 Å². The van der Waals surface area contributed by atoms with Gasteiger partial charge in [0, 0.05) is 11.1 Å². The molecule has 3 aromatic rings. The molecular formula is C20H19NO2. The Morgan fingerprint density at radius 3 is 2.48 bits per heavy atom. The number of rotatable bonds is 4. The zero-order valence-electron chi connectivity index (χ0n) is 13.2. The van der Waals surface area contributed by atoms with Crippen LogP contribution in [0.25, 0.3) is 10.8 Å². The van der Waals surface area contributed by atoms with Crippen molar-refractivity contribution in [3.8, 4) is 5.75 Å². The average molecular weight is 305 g/mol. The van der Waals surface area contributed by atoms with E-state index in [-0.39, 0.29) is 5.91 Å². The van der Waals surface area contributed by atoms with Gasteiger partial charge in [0.2, 0.25) is 0 Å². The lowest BCUT2D eigenvalue weighted by Gasteiger charge is -2.17.